The summed E-state index contributed by atoms with van der Waals surface area (Å²) in [6.07, 6.45) is 0.577. The summed E-state index contributed by atoms with van der Waals surface area (Å²) < 4.78 is 0. The molecular formula is C14H20ClNO2. The summed E-state index contributed by atoms with van der Waals surface area (Å²) in [5, 5.41) is 9.36. The van der Waals surface area contributed by atoms with E-state index >= 15 is 0 Å². The van der Waals surface area contributed by atoms with Crippen molar-refractivity contribution in [1.29, 1.82) is 0 Å². The molecule has 0 aliphatic heterocycles. The predicted octanol–water partition coefficient (Wildman–Crippen LogP) is 2.88. The highest BCUT2D eigenvalue weighted by Gasteiger charge is 2.20. The molecule has 0 fully saturated rings. The summed E-state index contributed by atoms with van der Waals surface area (Å²) in [5.41, 5.74) is 1.55. The van der Waals surface area contributed by atoms with Crippen LogP contribution in [0.5, 0.6) is 0 Å². The summed E-state index contributed by atoms with van der Waals surface area (Å²) in [7, 11) is 0. The number of carbonyl (C=O) groups is 1. The van der Waals surface area contributed by atoms with Gasteiger partial charge in [0.1, 0.15) is 0 Å². The molecule has 18 heavy (non-hydrogen) atoms. The van der Waals surface area contributed by atoms with Crippen LogP contribution in [-0.4, -0.2) is 35.1 Å². The summed E-state index contributed by atoms with van der Waals surface area (Å²) in [5.74, 6) is -0.0801. The molecule has 0 aliphatic carbocycles. The molecule has 0 saturated heterocycles. The summed E-state index contributed by atoms with van der Waals surface area (Å²) in [6.45, 7) is 6.47. The van der Waals surface area contributed by atoms with Gasteiger partial charge in [-0.2, -0.15) is 0 Å². The monoisotopic (exact) mass is 269 g/mol. The van der Waals surface area contributed by atoms with Crippen LogP contribution >= 0.6 is 11.6 Å². The van der Waals surface area contributed by atoms with Crippen molar-refractivity contribution in [2.24, 2.45) is 0 Å². The predicted molar refractivity (Wildman–Crippen MR) is 74.1 cm³/mol. The van der Waals surface area contributed by atoms with E-state index in [2.05, 4.69) is 0 Å². The van der Waals surface area contributed by atoms with Crippen LogP contribution in [0.4, 0.5) is 0 Å². The zero-order valence-electron chi connectivity index (χ0n) is 11.1. The third kappa shape index (κ3) is 3.72. The molecule has 1 N–H and O–H groups in total. The van der Waals surface area contributed by atoms with Crippen molar-refractivity contribution in [3.8, 4) is 0 Å². The molecule has 0 atom stereocenters. The SMILES string of the molecule is Cc1ccc(C(=O)N(CCCO)C(C)C)c(Cl)c1. The topological polar surface area (TPSA) is 40.5 Å². The molecule has 1 amide bonds. The number of halogens is 1. The Hall–Kier alpha value is -1.06. The van der Waals surface area contributed by atoms with Crippen molar-refractivity contribution in [2.75, 3.05) is 13.2 Å². The van der Waals surface area contributed by atoms with E-state index in [1.165, 1.54) is 0 Å². The maximum absolute atomic E-state index is 12.4. The number of aryl methyl sites for hydroxylation is 1. The Balaban J connectivity index is 2.94. The first-order valence-corrected chi connectivity index (χ1v) is 6.53. The number of aliphatic hydroxyl groups excluding tert-OH is 1. The summed E-state index contributed by atoms with van der Waals surface area (Å²) >= 11 is 6.11. The molecule has 1 rings (SSSR count). The van der Waals surface area contributed by atoms with Gasteiger partial charge in [0, 0.05) is 19.2 Å². The van der Waals surface area contributed by atoms with Crippen LogP contribution in [0.15, 0.2) is 18.2 Å². The molecule has 1 aromatic carbocycles. The Bertz CT molecular complexity index is 418. The molecule has 0 radical (unpaired) electrons. The smallest absolute Gasteiger partial charge is 0.255 e. The number of amides is 1. The average Bonchev–Trinajstić information content (AvgIpc) is 2.28. The van der Waals surface area contributed by atoms with Crippen molar-refractivity contribution in [3.63, 3.8) is 0 Å². The molecule has 0 aliphatic rings. The Kier molecular flexibility index (Phi) is 5.63. The van der Waals surface area contributed by atoms with Gasteiger partial charge >= 0.3 is 0 Å². The van der Waals surface area contributed by atoms with Gasteiger partial charge in [0.2, 0.25) is 0 Å². The van der Waals surface area contributed by atoms with Crippen LogP contribution in [0.1, 0.15) is 36.2 Å². The molecule has 0 unspecified atom stereocenters. The Morgan fingerprint density at radius 3 is 2.61 bits per heavy atom. The van der Waals surface area contributed by atoms with Crippen LogP contribution < -0.4 is 0 Å². The highest BCUT2D eigenvalue weighted by Crippen LogP contribution is 2.20. The van der Waals surface area contributed by atoms with Crippen molar-refractivity contribution >= 4 is 17.5 Å². The Morgan fingerprint density at radius 1 is 1.44 bits per heavy atom. The molecule has 4 heteroatoms. The van der Waals surface area contributed by atoms with E-state index < -0.39 is 0 Å². The maximum Gasteiger partial charge on any atom is 0.255 e. The summed E-state index contributed by atoms with van der Waals surface area (Å²) in [6, 6.07) is 5.51. The second kappa shape index (κ2) is 6.76. The minimum atomic E-state index is -0.0801. The third-order valence-electron chi connectivity index (χ3n) is 2.80. The fourth-order valence-corrected chi connectivity index (χ4v) is 2.10. The lowest BCUT2D eigenvalue weighted by molar-refractivity contribution is 0.0693. The molecular weight excluding hydrogens is 250 g/mol. The number of benzene rings is 1. The highest BCUT2D eigenvalue weighted by atomic mass is 35.5. The van der Waals surface area contributed by atoms with Gasteiger partial charge in [-0.3, -0.25) is 4.79 Å². The van der Waals surface area contributed by atoms with Crippen molar-refractivity contribution in [3.05, 3.63) is 34.3 Å². The van der Waals surface area contributed by atoms with E-state index in [4.69, 9.17) is 16.7 Å². The quantitative estimate of drug-likeness (QED) is 0.893. The molecule has 3 nitrogen and oxygen atoms in total. The number of aliphatic hydroxyl groups is 1. The standard InChI is InChI=1S/C14H20ClNO2/c1-10(2)16(7-4-8-17)14(18)12-6-5-11(3)9-13(12)15/h5-6,9-10,17H,4,7-8H2,1-3H3. The van der Waals surface area contributed by atoms with Gasteiger partial charge in [-0.25, -0.2) is 0 Å². The molecule has 0 spiro atoms. The third-order valence-corrected chi connectivity index (χ3v) is 3.11. The maximum atomic E-state index is 12.4. The first-order chi connectivity index (χ1) is 8.47. The van der Waals surface area contributed by atoms with E-state index in [0.717, 1.165) is 5.56 Å². The van der Waals surface area contributed by atoms with Crippen LogP contribution in [0.2, 0.25) is 5.02 Å². The van der Waals surface area contributed by atoms with E-state index in [0.29, 0.717) is 23.6 Å². The molecule has 0 bridgehead atoms. The number of rotatable bonds is 5. The van der Waals surface area contributed by atoms with E-state index in [9.17, 15) is 4.79 Å². The number of carbonyl (C=O) groups excluding carboxylic acids is 1. The number of hydrogen-bond acceptors (Lipinski definition) is 2. The zero-order chi connectivity index (χ0) is 13.7. The van der Waals surface area contributed by atoms with Gasteiger partial charge in [0.15, 0.2) is 0 Å². The zero-order valence-corrected chi connectivity index (χ0v) is 11.9. The molecule has 0 saturated carbocycles. The minimum Gasteiger partial charge on any atom is -0.396 e. The van der Waals surface area contributed by atoms with Crippen LogP contribution in [0.3, 0.4) is 0 Å². The molecule has 0 heterocycles. The van der Waals surface area contributed by atoms with Gasteiger partial charge in [-0.15, -0.1) is 0 Å². The minimum absolute atomic E-state index is 0.0801. The Labute approximate surface area is 113 Å². The highest BCUT2D eigenvalue weighted by molar-refractivity contribution is 6.33. The van der Waals surface area contributed by atoms with Crippen LogP contribution in [0.25, 0.3) is 0 Å². The van der Waals surface area contributed by atoms with Crippen molar-refractivity contribution < 1.29 is 9.90 Å². The molecule has 1 aromatic rings. The lowest BCUT2D eigenvalue weighted by Crippen LogP contribution is -2.38. The normalized spacial score (nSPS) is 10.8. The number of nitrogens with zero attached hydrogens (tertiary/aromatic N) is 1. The van der Waals surface area contributed by atoms with Crippen LogP contribution in [-0.2, 0) is 0 Å². The first-order valence-electron chi connectivity index (χ1n) is 6.15. The number of hydrogen-bond donors (Lipinski definition) is 1. The summed E-state index contributed by atoms with van der Waals surface area (Å²) in [4.78, 5) is 14.1. The van der Waals surface area contributed by atoms with Gasteiger partial charge in [0.05, 0.1) is 10.6 Å². The second-order valence-corrected chi connectivity index (χ2v) is 5.06. The van der Waals surface area contributed by atoms with Gasteiger partial charge in [-0.1, -0.05) is 17.7 Å². The lowest BCUT2D eigenvalue weighted by atomic mass is 10.1. The van der Waals surface area contributed by atoms with Crippen LogP contribution in [0, 0.1) is 6.92 Å². The van der Waals surface area contributed by atoms with Crippen molar-refractivity contribution in [2.45, 2.75) is 33.2 Å². The second-order valence-electron chi connectivity index (χ2n) is 4.65. The Morgan fingerprint density at radius 2 is 2.11 bits per heavy atom. The molecule has 100 valence electrons. The lowest BCUT2D eigenvalue weighted by Gasteiger charge is -2.27. The van der Waals surface area contributed by atoms with E-state index in [1.54, 1.807) is 17.0 Å². The van der Waals surface area contributed by atoms with Gasteiger partial charge in [0.25, 0.3) is 5.91 Å². The first kappa shape index (κ1) is 15.0. The van der Waals surface area contributed by atoms with E-state index in [1.807, 2.05) is 26.8 Å². The van der Waals surface area contributed by atoms with Gasteiger partial charge in [-0.05, 0) is 44.9 Å². The van der Waals surface area contributed by atoms with E-state index in [-0.39, 0.29) is 18.6 Å². The fourth-order valence-electron chi connectivity index (χ4n) is 1.78. The molecule has 0 aromatic heterocycles. The van der Waals surface area contributed by atoms with Gasteiger partial charge < -0.3 is 10.0 Å². The average molecular weight is 270 g/mol. The largest absolute Gasteiger partial charge is 0.396 e. The van der Waals surface area contributed by atoms with Crippen molar-refractivity contribution in [1.82, 2.24) is 4.90 Å². The fraction of sp³-hybridized carbons (Fsp3) is 0.500.